The average Bonchev–Trinajstić information content (AvgIpc) is 2.61. The Morgan fingerprint density at radius 3 is 2.35 bits per heavy atom. The lowest BCUT2D eigenvalue weighted by atomic mass is 10.1. The maximum absolute atomic E-state index is 12.5. The van der Waals surface area contributed by atoms with Crippen LogP contribution in [-0.2, 0) is 21.5 Å². The zero-order valence-corrected chi connectivity index (χ0v) is 12.6. The van der Waals surface area contributed by atoms with Gasteiger partial charge >= 0.3 is 10.2 Å². The van der Waals surface area contributed by atoms with Crippen molar-refractivity contribution in [1.29, 1.82) is 0 Å². The van der Waals surface area contributed by atoms with E-state index in [0.29, 0.717) is 13.0 Å². The van der Waals surface area contributed by atoms with Crippen LogP contribution in [0.15, 0.2) is 30.3 Å². The fraction of sp³-hybridized carbons (Fsp3) is 0.500. The first-order valence-electron chi connectivity index (χ1n) is 6.89. The topological polar surface area (TPSA) is 57.7 Å². The van der Waals surface area contributed by atoms with Crippen molar-refractivity contribution in [1.82, 2.24) is 8.61 Å². The van der Waals surface area contributed by atoms with Crippen LogP contribution in [0.4, 0.5) is 0 Å². The molecule has 0 saturated carbocycles. The first-order valence-corrected chi connectivity index (χ1v) is 8.29. The molecule has 5 nitrogen and oxygen atoms in total. The minimum absolute atomic E-state index is 0.110. The molecular formula is C14H20N2O3S. The van der Waals surface area contributed by atoms with Gasteiger partial charge in [-0.3, -0.25) is 4.79 Å². The summed E-state index contributed by atoms with van der Waals surface area (Å²) < 4.78 is 27.2. The third-order valence-electron chi connectivity index (χ3n) is 3.50. The van der Waals surface area contributed by atoms with Crippen molar-refractivity contribution in [2.24, 2.45) is 0 Å². The van der Waals surface area contributed by atoms with Crippen molar-refractivity contribution in [3.05, 3.63) is 35.9 Å². The van der Waals surface area contributed by atoms with Gasteiger partial charge in [0.2, 0.25) is 0 Å². The number of hydrogen-bond acceptors (Lipinski definition) is 3. The molecule has 1 atom stereocenters. The summed E-state index contributed by atoms with van der Waals surface area (Å²) in [5, 5.41) is 0. The Labute approximate surface area is 120 Å². The highest BCUT2D eigenvalue weighted by atomic mass is 32.2. The number of carbonyl (C=O) groups is 1. The van der Waals surface area contributed by atoms with Crippen LogP contribution in [0.5, 0.6) is 0 Å². The number of amides is 1. The molecule has 20 heavy (non-hydrogen) atoms. The van der Waals surface area contributed by atoms with Gasteiger partial charge in [-0.1, -0.05) is 50.6 Å². The van der Waals surface area contributed by atoms with Crippen LogP contribution in [0, 0.1) is 0 Å². The van der Waals surface area contributed by atoms with E-state index in [2.05, 4.69) is 0 Å². The summed E-state index contributed by atoms with van der Waals surface area (Å²) in [5.74, 6) is -0.308. The van der Waals surface area contributed by atoms with Gasteiger partial charge in [0.25, 0.3) is 5.91 Å². The van der Waals surface area contributed by atoms with Gasteiger partial charge in [0.15, 0.2) is 0 Å². The zero-order valence-electron chi connectivity index (χ0n) is 11.8. The Hall–Kier alpha value is -1.40. The Kier molecular flexibility index (Phi) is 4.45. The summed E-state index contributed by atoms with van der Waals surface area (Å²) in [5.41, 5.74) is 0.817. The number of benzene rings is 1. The van der Waals surface area contributed by atoms with E-state index in [0.717, 1.165) is 16.3 Å². The van der Waals surface area contributed by atoms with Crippen molar-refractivity contribution < 1.29 is 13.2 Å². The van der Waals surface area contributed by atoms with Gasteiger partial charge in [-0.25, -0.2) is 4.31 Å². The molecule has 1 aliphatic heterocycles. The van der Waals surface area contributed by atoms with Crippen molar-refractivity contribution in [3.63, 3.8) is 0 Å². The number of likely N-dealkylation sites (N-methyl/N-ethyl adjacent to an activating group) is 1. The van der Waals surface area contributed by atoms with Crippen molar-refractivity contribution >= 4 is 16.1 Å². The summed E-state index contributed by atoms with van der Waals surface area (Å²) in [6.07, 6.45) is 1.35. The molecule has 0 aromatic heterocycles. The van der Waals surface area contributed by atoms with Crippen molar-refractivity contribution in [2.75, 3.05) is 6.54 Å². The third kappa shape index (κ3) is 2.58. The summed E-state index contributed by atoms with van der Waals surface area (Å²) in [6, 6.07) is 8.65. The molecule has 110 valence electrons. The number of carbonyl (C=O) groups excluding carboxylic acids is 1. The predicted octanol–water partition coefficient (Wildman–Crippen LogP) is 1.76. The highest BCUT2D eigenvalue weighted by Crippen LogP contribution is 2.28. The zero-order chi connectivity index (χ0) is 14.8. The molecule has 1 aliphatic rings. The molecular weight excluding hydrogens is 276 g/mol. The molecule has 1 fully saturated rings. The van der Waals surface area contributed by atoms with Crippen molar-refractivity contribution in [3.8, 4) is 0 Å². The quantitative estimate of drug-likeness (QED) is 0.832. The SMILES string of the molecule is CCCC1C(=O)N(Cc2ccccc2)S(=O)(=O)N1CC. The second kappa shape index (κ2) is 5.93. The highest BCUT2D eigenvalue weighted by Gasteiger charge is 2.48. The Morgan fingerprint density at radius 2 is 1.80 bits per heavy atom. The lowest BCUT2D eigenvalue weighted by molar-refractivity contribution is -0.128. The lowest BCUT2D eigenvalue weighted by Crippen LogP contribution is -2.35. The summed E-state index contributed by atoms with van der Waals surface area (Å²) >= 11 is 0. The van der Waals surface area contributed by atoms with Crippen LogP contribution in [-0.4, -0.2) is 35.5 Å². The Bertz CT molecular complexity index is 571. The second-order valence-electron chi connectivity index (χ2n) is 4.85. The number of hydrogen-bond donors (Lipinski definition) is 0. The van der Waals surface area contributed by atoms with E-state index in [1.54, 1.807) is 6.92 Å². The molecule has 0 N–H and O–H groups in total. The third-order valence-corrected chi connectivity index (χ3v) is 5.47. The van der Waals surface area contributed by atoms with Gasteiger partial charge in [0, 0.05) is 6.54 Å². The van der Waals surface area contributed by atoms with Gasteiger partial charge in [-0.15, -0.1) is 0 Å². The lowest BCUT2D eigenvalue weighted by Gasteiger charge is -2.18. The van der Waals surface area contributed by atoms with Gasteiger partial charge < -0.3 is 0 Å². The van der Waals surface area contributed by atoms with Crippen LogP contribution >= 0.6 is 0 Å². The smallest absolute Gasteiger partial charge is 0.272 e. The molecule has 1 heterocycles. The molecule has 1 aromatic rings. The van der Waals surface area contributed by atoms with E-state index >= 15 is 0 Å². The molecule has 2 rings (SSSR count). The van der Waals surface area contributed by atoms with E-state index in [1.807, 2.05) is 37.3 Å². The molecule has 6 heteroatoms. The molecule has 1 aromatic carbocycles. The number of rotatable bonds is 5. The molecule has 0 spiro atoms. The molecule has 0 radical (unpaired) electrons. The van der Waals surface area contributed by atoms with Gasteiger partial charge in [-0.2, -0.15) is 12.7 Å². The Balaban J connectivity index is 2.31. The molecule has 1 amide bonds. The minimum atomic E-state index is -3.68. The maximum atomic E-state index is 12.5. The average molecular weight is 296 g/mol. The minimum Gasteiger partial charge on any atom is -0.272 e. The van der Waals surface area contributed by atoms with E-state index in [1.165, 1.54) is 4.31 Å². The largest absolute Gasteiger partial charge is 0.307 e. The van der Waals surface area contributed by atoms with Crippen LogP contribution in [0.3, 0.4) is 0 Å². The van der Waals surface area contributed by atoms with E-state index < -0.39 is 16.3 Å². The van der Waals surface area contributed by atoms with Crippen LogP contribution in [0.1, 0.15) is 32.3 Å². The normalized spacial score (nSPS) is 22.4. The van der Waals surface area contributed by atoms with E-state index in [-0.39, 0.29) is 12.5 Å². The van der Waals surface area contributed by atoms with Crippen LogP contribution in [0.2, 0.25) is 0 Å². The maximum Gasteiger partial charge on any atom is 0.307 e. The van der Waals surface area contributed by atoms with Crippen molar-refractivity contribution in [2.45, 2.75) is 39.3 Å². The monoisotopic (exact) mass is 296 g/mol. The van der Waals surface area contributed by atoms with E-state index in [9.17, 15) is 13.2 Å². The summed E-state index contributed by atoms with van der Waals surface area (Å²) in [6.45, 7) is 4.15. The second-order valence-corrected chi connectivity index (χ2v) is 6.65. The fourth-order valence-electron chi connectivity index (χ4n) is 2.52. The fourth-order valence-corrected chi connectivity index (χ4v) is 4.28. The summed E-state index contributed by atoms with van der Waals surface area (Å²) in [4.78, 5) is 12.4. The molecule has 0 aliphatic carbocycles. The van der Waals surface area contributed by atoms with Gasteiger partial charge in [0.05, 0.1) is 6.54 Å². The standard InChI is InChI=1S/C14H20N2O3S/c1-3-8-13-14(17)16(20(18,19)15(13)4-2)11-12-9-6-5-7-10-12/h5-7,9-10,13H,3-4,8,11H2,1-2H3. The number of nitrogens with zero attached hydrogens (tertiary/aromatic N) is 2. The predicted molar refractivity (Wildman–Crippen MR) is 77.0 cm³/mol. The highest BCUT2D eigenvalue weighted by molar-refractivity contribution is 7.87. The summed E-state index contributed by atoms with van der Waals surface area (Å²) in [7, 11) is -3.68. The van der Waals surface area contributed by atoms with E-state index in [4.69, 9.17) is 0 Å². The molecule has 1 saturated heterocycles. The van der Waals surface area contributed by atoms with Crippen LogP contribution < -0.4 is 0 Å². The van der Waals surface area contributed by atoms with Gasteiger partial charge in [-0.05, 0) is 12.0 Å². The van der Waals surface area contributed by atoms with Gasteiger partial charge in [0.1, 0.15) is 6.04 Å². The van der Waals surface area contributed by atoms with Crippen LogP contribution in [0.25, 0.3) is 0 Å². The molecule has 1 unspecified atom stereocenters. The first-order chi connectivity index (χ1) is 9.52. The first kappa shape index (κ1) is 15.0. The Morgan fingerprint density at radius 1 is 1.15 bits per heavy atom. The molecule has 0 bridgehead atoms.